The Bertz CT molecular complexity index is 351. The highest BCUT2D eigenvalue weighted by molar-refractivity contribution is 5.50. The first kappa shape index (κ1) is 13.8. The molecule has 0 radical (unpaired) electrons. The molecular weight excluding hydrogens is 214 g/mol. The fourth-order valence-electron chi connectivity index (χ4n) is 1.87. The number of hydrogen-bond donors (Lipinski definition) is 3. The van der Waals surface area contributed by atoms with Crippen molar-refractivity contribution in [2.24, 2.45) is 5.92 Å². The predicted molar refractivity (Wildman–Crippen MR) is 72.0 cm³/mol. The van der Waals surface area contributed by atoms with Crippen LogP contribution in [0.15, 0.2) is 12.3 Å². The number of rotatable bonds is 6. The van der Waals surface area contributed by atoms with Crippen molar-refractivity contribution in [3.63, 3.8) is 0 Å². The third-order valence-electron chi connectivity index (χ3n) is 3.24. The molecule has 1 rings (SSSR count). The molecule has 1 atom stereocenters. The lowest BCUT2D eigenvalue weighted by Crippen LogP contribution is -2.27. The molecule has 1 heterocycles. The topological polar surface area (TPSA) is 71.2 Å². The molecule has 0 saturated carbocycles. The summed E-state index contributed by atoms with van der Waals surface area (Å²) in [4.78, 5) is 4.17. The van der Waals surface area contributed by atoms with Gasteiger partial charge in [0, 0.05) is 6.54 Å². The van der Waals surface area contributed by atoms with Crippen LogP contribution in [0.25, 0.3) is 0 Å². The molecular formula is C13H23N3O. The minimum absolute atomic E-state index is 0.329. The van der Waals surface area contributed by atoms with E-state index in [1.165, 1.54) is 0 Å². The van der Waals surface area contributed by atoms with Gasteiger partial charge in [0.25, 0.3) is 0 Å². The lowest BCUT2D eigenvalue weighted by atomic mass is 9.96. The number of aliphatic hydroxyl groups is 1. The largest absolute Gasteiger partial charge is 0.397 e. The van der Waals surface area contributed by atoms with Gasteiger partial charge in [-0.2, -0.15) is 0 Å². The number of pyridine rings is 1. The molecule has 4 N–H and O–H groups in total. The molecule has 0 aliphatic heterocycles. The normalized spacial score (nSPS) is 12.8. The Hall–Kier alpha value is -1.29. The molecule has 17 heavy (non-hydrogen) atoms. The van der Waals surface area contributed by atoms with Gasteiger partial charge in [0.1, 0.15) is 5.82 Å². The Kier molecular flexibility index (Phi) is 5.22. The summed E-state index contributed by atoms with van der Waals surface area (Å²) in [6.45, 7) is 6.67. The maximum Gasteiger partial charge on any atom is 0.126 e. The highest BCUT2D eigenvalue weighted by atomic mass is 16.3. The summed E-state index contributed by atoms with van der Waals surface area (Å²) in [6.07, 6.45) is 3.30. The van der Waals surface area contributed by atoms with Crippen molar-refractivity contribution in [2.75, 3.05) is 17.6 Å². The van der Waals surface area contributed by atoms with Crippen molar-refractivity contribution in [1.82, 2.24) is 4.98 Å². The number of hydrogen-bond acceptors (Lipinski definition) is 4. The number of aliphatic hydroxyl groups excluding tert-OH is 1. The first-order valence-electron chi connectivity index (χ1n) is 6.22. The molecule has 1 aromatic heterocycles. The minimum atomic E-state index is -0.329. The number of aryl methyl sites for hydroxylation is 1. The van der Waals surface area contributed by atoms with Crippen LogP contribution in [0.2, 0.25) is 0 Å². The van der Waals surface area contributed by atoms with Gasteiger partial charge in [0.2, 0.25) is 0 Å². The standard InChI is InChI=1S/C13H23N3O/c1-4-10(5-2)12(17)8-16-13-6-9(3)11(14)7-15-13/h6-7,10,12,17H,4-5,8,14H2,1-3H3,(H,15,16). The van der Waals surface area contributed by atoms with Crippen molar-refractivity contribution < 1.29 is 5.11 Å². The number of nitrogens with two attached hydrogens (primary N) is 1. The van der Waals surface area contributed by atoms with Gasteiger partial charge in [-0.15, -0.1) is 0 Å². The average Bonchev–Trinajstić information content (AvgIpc) is 2.32. The quantitative estimate of drug-likeness (QED) is 0.709. The summed E-state index contributed by atoms with van der Waals surface area (Å²) in [7, 11) is 0. The van der Waals surface area contributed by atoms with Crippen LogP contribution in [-0.2, 0) is 0 Å². The molecule has 1 aromatic rings. The zero-order chi connectivity index (χ0) is 12.8. The van der Waals surface area contributed by atoms with Crippen LogP contribution in [0.3, 0.4) is 0 Å². The summed E-state index contributed by atoms with van der Waals surface area (Å²) in [5, 5.41) is 13.1. The molecule has 0 aliphatic rings. The zero-order valence-corrected chi connectivity index (χ0v) is 10.9. The molecule has 0 saturated heterocycles. The fourth-order valence-corrected chi connectivity index (χ4v) is 1.87. The molecule has 96 valence electrons. The minimum Gasteiger partial charge on any atom is -0.397 e. The Balaban J connectivity index is 2.52. The number of nitrogens with zero attached hydrogens (tertiary/aromatic N) is 1. The second-order valence-electron chi connectivity index (χ2n) is 4.45. The summed E-state index contributed by atoms with van der Waals surface area (Å²) in [5.74, 6) is 1.11. The fraction of sp³-hybridized carbons (Fsp3) is 0.615. The van der Waals surface area contributed by atoms with Gasteiger partial charge < -0.3 is 16.2 Å². The lowest BCUT2D eigenvalue weighted by molar-refractivity contribution is 0.114. The number of aromatic nitrogens is 1. The van der Waals surface area contributed by atoms with E-state index >= 15 is 0 Å². The van der Waals surface area contributed by atoms with E-state index in [1.807, 2.05) is 13.0 Å². The summed E-state index contributed by atoms with van der Waals surface area (Å²) in [5.41, 5.74) is 7.39. The van der Waals surface area contributed by atoms with E-state index in [4.69, 9.17) is 5.73 Å². The van der Waals surface area contributed by atoms with Gasteiger partial charge >= 0.3 is 0 Å². The van der Waals surface area contributed by atoms with E-state index in [0.717, 1.165) is 24.2 Å². The third kappa shape index (κ3) is 3.89. The van der Waals surface area contributed by atoms with Gasteiger partial charge in [0.05, 0.1) is 18.0 Å². The molecule has 4 heteroatoms. The van der Waals surface area contributed by atoms with Gasteiger partial charge in [0.15, 0.2) is 0 Å². The van der Waals surface area contributed by atoms with Crippen molar-refractivity contribution in [2.45, 2.75) is 39.7 Å². The van der Waals surface area contributed by atoms with Crippen molar-refractivity contribution in [3.8, 4) is 0 Å². The van der Waals surface area contributed by atoms with Crippen LogP contribution in [0, 0.1) is 12.8 Å². The van der Waals surface area contributed by atoms with Crippen molar-refractivity contribution >= 4 is 11.5 Å². The van der Waals surface area contributed by atoms with E-state index in [2.05, 4.69) is 24.1 Å². The lowest BCUT2D eigenvalue weighted by Gasteiger charge is -2.20. The molecule has 0 bridgehead atoms. The maximum absolute atomic E-state index is 9.98. The monoisotopic (exact) mass is 237 g/mol. The van der Waals surface area contributed by atoms with Crippen LogP contribution >= 0.6 is 0 Å². The van der Waals surface area contributed by atoms with E-state index < -0.39 is 0 Å². The highest BCUT2D eigenvalue weighted by Crippen LogP contribution is 2.16. The van der Waals surface area contributed by atoms with E-state index in [1.54, 1.807) is 6.20 Å². The maximum atomic E-state index is 9.98. The van der Waals surface area contributed by atoms with Crippen LogP contribution < -0.4 is 11.1 Å². The summed E-state index contributed by atoms with van der Waals surface area (Å²) >= 11 is 0. The van der Waals surface area contributed by atoms with E-state index in [0.29, 0.717) is 18.2 Å². The Labute approximate surface area is 103 Å². The molecule has 0 fully saturated rings. The highest BCUT2D eigenvalue weighted by Gasteiger charge is 2.15. The van der Waals surface area contributed by atoms with E-state index in [9.17, 15) is 5.11 Å². The summed E-state index contributed by atoms with van der Waals surface area (Å²) in [6, 6.07) is 1.90. The van der Waals surface area contributed by atoms with Gasteiger partial charge in [-0.1, -0.05) is 26.7 Å². The molecule has 0 aliphatic carbocycles. The number of anilines is 2. The van der Waals surface area contributed by atoms with Crippen molar-refractivity contribution in [1.29, 1.82) is 0 Å². The van der Waals surface area contributed by atoms with Crippen molar-refractivity contribution in [3.05, 3.63) is 17.8 Å². The molecule has 0 aromatic carbocycles. The van der Waals surface area contributed by atoms with Gasteiger partial charge in [-0.25, -0.2) is 4.98 Å². The Morgan fingerprint density at radius 3 is 2.59 bits per heavy atom. The second-order valence-corrected chi connectivity index (χ2v) is 4.45. The first-order valence-corrected chi connectivity index (χ1v) is 6.22. The Morgan fingerprint density at radius 2 is 2.06 bits per heavy atom. The molecule has 1 unspecified atom stereocenters. The van der Waals surface area contributed by atoms with Crippen LogP contribution in [0.4, 0.5) is 11.5 Å². The SMILES string of the molecule is CCC(CC)C(O)CNc1cc(C)c(N)cn1. The predicted octanol–water partition coefficient (Wildman–Crippen LogP) is 2.18. The van der Waals surface area contributed by atoms with E-state index in [-0.39, 0.29) is 6.10 Å². The smallest absolute Gasteiger partial charge is 0.126 e. The molecule has 0 amide bonds. The number of nitrogens with one attached hydrogen (secondary N) is 1. The van der Waals surface area contributed by atoms with Crippen LogP contribution in [0.5, 0.6) is 0 Å². The number of nitrogen functional groups attached to an aromatic ring is 1. The van der Waals surface area contributed by atoms with Gasteiger partial charge in [-0.3, -0.25) is 0 Å². The first-order chi connectivity index (χ1) is 8.08. The second kappa shape index (κ2) is 6.45. The third-order valence-corrected chi connectivity index (χ3v) is 3.24. The Morgan fingerprint density at radius 1 is 1.41 bits per heavy atom. The average molecular weight is 237 g/mol. The zero-order valence-electron chi connectivity index (χ0n) is 10.9. The van der Waals surface area contributed by atoms with Gasteiger partial charge in [-0.05, 0) is 24.5 Å². The molecule has 0 spiro atoms. The summed E-state index contributed by atoms with van der Waals surface area (Å²) < 4.78 is 0. The molecule has 4 nitrogen and oxygen atoms in total. The van der Waals surface area contributed by atoms with Crippen LogP contribution in [-0.4, -0.2) is 22.7 Å². The van der Waals surface area contributed by atoms with Crippen LogP contribution in [0.1, 0.15) is 32.3 Å².